The van der Waals surface area contributed by atoms with E-state index in [-0.39, 0.29) is 5.97 Å². The lowest BCUT2D eigenvalue weighted by Gasteiger charge is -2.19. The van der Waals surface area contributed by atoms with Crippen molar-refractivity contribution in [1.82, 2.24) is 5.32 Å². The Balaban J connectivity index is 1.91. The monoisotopic (exact) mass is 276 g/mol. The van der Waals surface area contributed by atoms with Gasteiger partial charge in [-0.15, -0.1) is 0 Å². The number of ether oxygens (including phenoxy) is 1. The first-order valence-corrected chi connectivity index (χ1v) is 7.46. The third-order valence-electron chi connectivity index (χ3n) is 3.59. The van der Waals surface area contributed by atoms with Crippen LogP contribution in [-0.2, 0) is 4.74 Å². The molecule has 0 radical (unpaired) electrons. The van der Waals surface area contributed by atoms with Crippen molar-refractivity contribution < 1.29 is 9.53 Å². The number of carbonyl (C=O) groups excluding carboxylic acids is 1. The van der Waals surface area contributed by atoms with Crippen LogP contribution >= 0.6 is 0 Å². The van der Waals surface area contributed by atoms with Crippen molar-refractivity contribution in [1.29, 1.82) is 0 Å². The summed E-state index contributed by atoms with van der Waals surface area (Å²) >= 11 is 0. The quantitative estimate of drug-likeness (QED) is 0.784. The Hall–Kier alpha value is -1.55. The molecular weight excluding hydrogens is 252 g/mol. The fraction of sp³-hybridized carbons (Fsp3) is 0.562. The van der Waals surface area contributed by atoms with Crippen LogP contribution in [0.4, 0.5) is 5.69 Å². The molecule has 1 fully saturated rings. The first kappa shape index (κ1) is 14.9. The number of hydrogen-bond acceptors (Lipinski definition) is 4. The third kappa shape index (κ3) is 4.23. The highest BCUT2D eigenvalue weighted by atomic mass is 16.5. The fourth-order valence-corrected chi connectivity index (χ4v) is 2.68. The summed E-state index contributed by atoms with van der Waals surface area (Å²) in [5.41, 5.74) is 1.57. The van der Waals surface area contributed by atoms with Crippen LogP contribution in [0.5, 0.6) is 0 Å². The van der Waals surface area contributed by atoms with Gasteiger partial charge >= 0.3 is 5.97 Å². The second-order valence-electron chi connectivity index (χ2n) is 5.38. The van der Waals surface area contributed by atoms with E-state index < -0.39 is 0 Å². The minimum Gasteiger partial charge on any atom is -0.462 e. The highest BCUT2D eigenvalue weighted by Crippen LogP contribution is 2.16. The number of nitrogens with one attached hydrogen (secondary N) is 2. The van der Waals surface area contributed by atoms with Gasteiger partial charge in [0.15, 0.2) is 0 Å². The van der Waals surface area contributed by atoms with E-state index in [1.54, 1.807) is 6.07 Å². The molecule has 4 heteroatoms. The average Bonchev–Trinajstić information content (AvgIpc) is 2.92. The van der Waals surface area contributed by atoms with Gasteiger partial charge in [-0.05, 0) is 57.9 Å². The molecule has 1 aliphatic rings. The minimum atomic E-state index is -0.263. The third-order valence-corrected chi connectivity index (χ3v) is 3.59. The molecule has 20 heavy (non-hydrogen) atoms. The molecule has 4 nitrogen and oxygen atoms in total. The normalized spacial score (nSPS) is 19.6. The second-order valence-corrected chi connectivity index (χ2v) is 5.38. The zero-order valence-corrected chi connectivity index (χ0v) is 12.3. The number of esters is 1. The molecular formula is C16H24N2O2. The summed E-state index contributed by atoms with van der Waals surface area (Å²) in [4.78, 5) is 11.7. The van der Waals surface area contributed by atoms with E-state index in [2.05, 4.69) is 17.6 Å². The SMILES string of the molecule is CCOC(=O)c1cccc(NC(C)CC2CCCN2)c1. The first-order valence-electron chi connectivity index (χ1n) is 7.46. The average molecular weight is 276 g/mol. The Morgan fingerprint density at radius 2 is 2.40 bits per heavy atom. The molecule has 0 saturated carbocycles. The van der Waals surface area contributed by atoms with E-state index in [1.807, 2.05) is 25.1 Å². The van der Waals surface area contributed by atoms with Gasteiger partial charge < -0.3 is 15.4 Å². The fourth-order valence-electron chi connectivity index (χ4n) is 2.68. The van der Waals surface area contributed by atoms with Crippen LogP contribution in [0.1, 0.15) is 43.5 Å². The van der Waals surface area contributed by atoms with Gasteiger partial charge in [0, 0.05) is 17.8 Å². The molecule has 1 aromatic carbocycles. The molecule has 110 valence electrons. The predicted octanol–water partition coefficient (Wildman–Crippen LogP) is 2.81. The molecule has 1 heterocycles. The zero-order valence-electron chi connectivity index (χ0n) is 12.3. The van der Waals surface area contributed by atoms with Crippen LogP contribution < -0.4 is 10.6 Å². The molecule has 0 aromatic heterocycles. The summed E-state index contributed by atoms with van der Waals surface area (Å²) < 4.78 is 5.02. The van der Waals surface area contributed by atoms with E-state index in [0.29, 0.717) is 24.3 Å². The summed E-state index contributed by atoms with van der Waals surface area (Å²) in [6, 6.07) is 8.51. The first-order chi connectivity index (χ1) is 9.69. The Labute approximate surface area is 120 Å². The van der Waals surface area contributed by atoms with Crippen LogP contribution in [0.2, 0.25) is 0 Å². The Bertz CT molecular complexity index is 442. The smallest absolute Gasteiger partial charge is 0.338 e. The van der Waals surface area contributed by atoms with Crippen LogP contribution in [0.15, 0.2) is 24.3 Å². The van der Waals surface area contributed by atoms with E-state index in [9.17, 15) is 4.79 Å². The maximum atomic E-state index is 11.7. The molecule has 2 unspecified atom stereocenters. The Morgan fingerprint density at radius 1 is 1.55 bits per heavy atom. The van der Waals surface area contributed by atoms with Crippen LogP contribution in [0.25, 0.3) is 0 Å². The van der Waals surface area contributed by atoms with Gasteiger partial charge in [0.1, 0.15) is 0 Å². The van der Waals surface area contributed by atoms with Crippen molar-refractivity contribution in [3.8, 4) is 0 Å². The topological polar surface area (TPSA) is 50.4 Å². The number of anilines is 1. The van der Waals surface area contributed by atoms with Crippen molar-refractivity contribution in [2.24, 2.45) is 0 Å². The molecule has 1 saturated heterocycles. The maximum absolute atomic E-state index is 11.7. The summed E-state index contributed by atoms with van der Waals surface area (Å²) in [7, 11) is 0. The molecule has 2 rings (SSSR count). The molecule has 0 aliphatic carbocycles. The lowest BCUT2D eigenvalue weighted by atomic mass is 10.1. The number of hydrogen-bond donors (Lipinski definition) is 2. The van der Waals surface area contributed by atoms with Gasteiger partial charge in [-0.3, -0.25) is 0 Å². The van der Waals surface area contributed by atoms with E-state index >= 15 is 0 Å². The van der Waals surface area contributed by atoms with Gasteiger partial charge in [-0.25, -0.2) is 4.79 Å². The molecule has 0 amide bonds. The lowest BCUT2D eigenvalue weighted by molar-refractivity contribution is 0.0526. The number of carbonyl (C=O) groups is 1. The second kappa shape index (κ2) is 7.29. The number of benzene rings is 1. The molecule has 1 aliphatic heterocycles. The van der Waals surface area contributed by atoms with E-state index in [1.165, 1.54) is 12.8 Å². The predicted molar refractivity (Wildman–Crippen MR) is 81.1 cm³/mol. The molecule has 0 bridgehead atoms. The van der Waals surface area contributed by atoms with Gasteiger partial charge in [-0.1, -0.05) is 6.07 Å². The summed E-state index contributed by atoms with van der Waals surface area (Å²) in [5, 5.41) is 6.96. The Morgan fingerprint density at radius 3 is 3.10 bits per heavy atom. The van der Waals surface area contributed by atoms with Gasteiger partial charge in [0.25, 0.3) is 0 Å². The highest BCUT2D eigenvalue weighted by Gasteiger charge is 2.17. The van der Waals surface area contributed by atoms with Crippen LogP contribution in [0.3, 0.4) is 0 Å². The highest BCUT2D eigenvalue weighted by molar-refractivity contribution is 5.90. The Kier molecular flexibility index (Phi) is 5.41. The molecule has 1 aromatic rings. The molecule has 2 N–H and O–H groups in total. The van der Waals surface area contributed by atoms with Crippen molar-refractivity contribution in [2.75, 3.05) is 18.5 Å². The van der Waals surface area contributed by atoms with Gasteiger partial charge in [0.2, 0.25) is 0 Å². The van der Waals surface area contributed by atoms with Crippen molar-refractivity contribution in [2.45, 2.75) is 45.2 Å². The lowest BCUT2D eigenvalue weighted by Crippen LogP contribution is -2.29. The summed E-state index contributed by atoms with van der Waals surface area (Å²) in [6.45, 7) is 5.53. The van der Waals surface area contributed by atoms with E-state index in [0.717, 1.165) is 18.7 Å². The molecule has 0 spiro atoms. The van der Waals surface area contributed by atoms with Crippen molar-refractivity contribution in [3.05, 3.63) is 29.8 Å². The van der Waals surface area contributed by atoms with E-state index in [4.69, 9.17) is 4.74 Å². The largest absolute Gasteiger partial charge is 0.462 e. The van der Waals surface area contributed by atoms with Crippen LogP contribution in [0, 0.1) is 0 Å². The van der Waals surface area contributed by atoms with Gasteiger partial charge in [0.05, 0.1) is 12.2 Å². The minimum absolute atomic E-state index is 0.263. The van der Waals surface area contributed by atoms with Crippen molar-refractivity contribution >= 4 is 11.7 Å². The van der Waals surface area contributed by atoms with Crippen LogP contribution in [-0.4, -0.2) is 31.2 Å². The van der Waals surface area contributed by atoms with Crippen molar-refractivity contribution in [3.63, 3.8) is 0 Å². The number of rotatable bonds is 6. The summed E-state index contributed by atoms with van der Waals surface area (Å²) in [6.07, 6.45) is 3.63. The zero-order chi connectivity index (χ0) is 14.4. The standard InChI is InChI=1S/C16H24N2O2/c1-3-20-16(19)13-6-4-7-15(11-13)18-12(2)10-14-8-5-9-17-14/h4,6-7,11-12,14,17-18H,3,5,8-10H2,1-2H3. The molecule has 2 atom stereocenters. The summed E-state index contributed by atoms with van der Waals surface area (Å²) in [5.74, 6) is -0.263. The maximum Gasteiger partial charge on any atom is 0.338 e. The van der Waals surface area contributed by atoms with Gasteiger partial charge in [-0.2, -0.15) is 0 Å².